The number of nitrogens with one attached hydrogen (secondary N) is 1. The van der Waals surface area contributed by atoms with Gasteiger partial charge in [-0.25, -0.2) is 0 Å². The topological polar surface area (TPSA) is 58.6 Å². The maximum absolute atomic E-state index is 12.3. The number of hydrogen-bond donors (Lipinski definition) is 1. The second kappa shape index (κ2) is 8.49. The molecule has 2 rings (SSSR count). The monoisotopic (exact) mass is 420 g/mol. The molecule has 10 heteroatoms. The number of carbonyl (C=O) groups is 2. The first-order valence-corrected chi connectivity index (χ1v) is 8.17. The lowest BCUT2D eigenvalue weighted by atomic mass is 10.2. The Balaban J connectivity index is 1.99. The summed E-state index contributed by atoms with van der Waals surface area (Å²) in [5.41, 5.74) is 0.316. The van der Waals surface area contributed by atoms with Crippen molar-refractivity contribution < 1.29 is 27.5 Å². The lowest BCUT2D eigenvalue weighted by Gasteiger charge is -2.18. The third kappa shape index (κ3) is 6.04. The molecule has 0 saturated carbocycles. The van der Waals surface area contributed by atoms with Crippen LogP contribution in [0.1, 0.15) is 10.4 Å². The molecule has 0 heterocycles. The van der Waals surface area contributed by atoms with Crippen LogP contribution < -0.4 is 10.1 Å². The molecule has 0 aliphatic rings. The second-order valence-corrected chi connectivity index (χ2v) is 6.19. The Morgan fingerprint density at radius 3 is 2.15 bits per heavy atom. The highest BCUT2D eigenvalue weighted by Gasteiger charge is 2.31. The Kier molecular flexibility index (Phi) is 6.56. The predicted octanol–water partition coefficient (Wildman–Crippen LogP) is 4.60. The molecule has 2 aromatic rings. The van der Waals surface area contributed by atoms with Crippen molar-refractivity contribution in [3.8, 4) is 5.75 Å². The quantitative estimate of drug-likeness (QED) is 0.768. The molecule has 0 unspecified atom stereocenters. The van der Waals surface area contributed by atoms with Crippen LogP contribution in [0.3, 0.4) is 0 Å². The Hall–Kier alpha value is -2.45. The van der Waals surface area contributed by atoms with Crippen molar-refractivity contribution in [2.75, 3.05) is 18.9 Å². The van der Waals surface area contributed by atoms with Gasteiger partial charge in [-0.1, -0.05) is 29.3 Å². The zero-order valence-corrected chi connectivity index (χ0v) is 15.3. The summed E-state index contributed by atoms with van der Waals surface area (Å²) in [6.45, 7) is -0.318. The number of hydrogen-bond acceptors (Lipinski definition) is 3. The minimum absolute atomic E-state index is 0.0931. The number of ether oxygens (including phenoxy) is 1. The fraction of sp³-hybridized carbons (Fsp3) is 0.176. The highest BCUT2D eigenvalue weighted by atomic mass is 35.5. The fourth-order valence-electron chi connectivity index (χ4n) is 2.10. The van der Waals surface area contributed by atoms with E-state index in [1.54, 1.807) is 18.2 Å². The van der Waals surface area contributed by atoms with Crippen molar-refractivity contribution in [3.05, 3.63) is 58.1 Å². The molecule has 1 N–H and O–H groups in total. The number of nitrogens with zero attached hydrogens (tertiary/aromatic N) is 1. The van der Waals surface area contributed by atoms with Crippen LogP contribution in [0.2, 0.25) is 10.0 Å². The average molecular weight is 421 g/mol. The fourth-order valence-corrected chi connectivity index (χ4v) is 2.59. The van der Waals surface area contributed by atoms with Crippen LogP contribution in [0.4, 0.5) is 18.9 Å². The summed E-state index contributed by atoms with van der Waals surface area (Å²) < 4.78 is 40.2. The number of halogens is 5. The molecule has 0 aliphatic heterocycles. The minimum atomic E-state index is -4.82. The molecule has 27 heavy (non-hydrogen) atoms. The summed E-state index contributed by atoms with van der Waals surface area (Å²) in [5, 5.41) is 2.99. The average Bonchev–Trinajstić information content (AvgIpc) is 2.57. The van der Waals surface area contributed by atoms with Crippen LogP contribution in [0.25, 0.3) is 0 Å². The van der Waals surface area contributed by atoms with Gasteiger partial charge in [0.05, 0.1) is 22.3 Å². The van der Waals surface area contributed by atoms with E-state index in [1.165, 1.54) is 19.2 Å². The molecule has 0 spiro atoms. The molecule has 0 radical (unpaired) electrons. The van der Waals surface area contributed by atoms with Crippen LogP contribution in [0.15, 0.2) is 42.5 Å². The van der Waals surface area contributed by atoms with Gasteiger partial charge in [0.15, 0.2) is 0 Å². The van der Waals surface area contributed by atoms with Crippen molar-refractivity contribution in [2.45, 2.75) is 6.36 Å². The minimum Gasteiger partial charge on any atom is -0.406 e. The zero-order valence-electron chi connectivity index (χ0n) is 13.8. The Morgan fingerprint density at radius 1 is 1.07 bits per heavy atom. The van der Waals surface area contributed by atoms with Gasteiger partial charge in [-0.3, -0.25) is 9.59 Å². The van der Waals surface area contributed by atoms with E-state index in [1.807, 2.05) is 0 Å². The van der Waals surface area contributed by atoms with E-state index in [4.69, 9.17) is 23.2 Å². The highest BCUT2D eigenvalue weighted by Crippen LogP contribution is 2.29. The largest absolute Gasteiger partial charge is 0.573 e. The van der Waals surface area contributed by atoms with Crippen LogP contribution in [-0.2, 0) is 4.79 Å². The van der Waals surface area contributed by atoms with E-state index in [2.05, 4.69) is 10.1 Å². The molecule has 0 atom stereocenters. The number of likely N-dealkylation sites (N-methyl/N-ethyl adjacent to an activating group) is 1. The number of benzene rings is 2. The third-order valence-corrected chi connectivity index (χ3v) is 3.92. The summed E-state index contributed by atoms with van der Waals surface area (Å²) in [5.74, 6) is -1.56. The Morgan fingerprint density at radius 2 is 1.63 bits per heavy atom. The second-order valence-electron chi connectivity index (χ2n) is 5.38. The molecule has 5 nitrogen and oxygen atoms in total. The highest BCUT2D eigenvalue weighted by molar-refractivity contribution is 6.39. The number of alkyl halides is 3. The summed E-state index contributed by atoms with van der Waals surface area (Å²) in [6.07, 6.45) is -4.82. The van der Waals surface area contributed by atoms with E-state index in [9.17, 15) is 22.8 Å². The van der Waals surface area contributed by atoms with Crippen molar-refractivity contribution in [2.24, 2.45) is 0 Å². The van der Waals surface area contributed by atoms with Gasteiger partial charge in [0.2, 0.25) is 5.91 Å². The molecule has 0 saturated heterocycles. The summed E-state index contributed by atoms with van der Waals surface area (Å²) >= 11 is 11.9. The molecular formula is C17H13Cl2F3N2O3. The lowest BCUT2D eigenvalue weighted by molar-refractivity contribution is -0.274. The molecule has 0 fully saturated rings. The van der Waals surface area contributed by atoms with Gasteiger partial charge in [0.25, 0.3) is 5.91 Å². The normalized spacial score (nSPS) is 11.0. The number of amides is 2. The van der Waals surface area contributed by atoms with E-state index in [0.29, 0.717) is 0 Å². The summed E-state index contributed by atoms with van der Waals surface area (Å²) in [7, 11) is 1.37. The summed E-state index contributed by atoms with van der Waals surface area (Å²) in [4.78, 5) is 25.5. The maximum atomic E-state index is 12.3. The predicted molar refractivity (Wildman–Crippen MR) is 95.2 cm³/mol. The molecule has 0 bridgehead atoms. The summed E-state index contributed by atoms with van der Waals surface area (Å²) in [6, 6.07) is 9.06. The first-order valence-electron chi connectivity index (χ1n) is 7.42. The first kappa shape index (κ1) is 20.9. The first-order chi connectivity index (χ1) is 12.6. The lowest BCUT2D eigenvalue weighted by Crippen LogP contribution is -2.35. The molecule has 2 aromatic carbocycles. The van der Waals surface area contributed by atoms with Crippen LogP contribution in [-0.4, -0.2) is 36.7 Å². The third-order valence-electron chi connectivity index (χ3n) is 3.29. The molecule has 0 aliphatic carbocycles. The van der Waals surface area contributed by atoms with Crippen LogP contribution in [0.5, 0.6) is 5.75 Å². The number of carbonyl (C=O) groups excluding carboxylic acids is 2. The molecular weight excluding hydrogens is 408 g/mol. The van der Waals surface area contributed by atoms with Gasteiger partial charge in [-0.05, 0) is 36.4 Å². The van der Waals surface area contributed by atoms with Crippen molar-refractivity contribution >= 4 is 40.7 Å². The van der Waals surface area contributed by atoms with E-state index in [-0.39, 0.29) is 27.8 Å². The van der Waals surface area contributed by atoms with Gasteiger partial charge in [-0.2, -0.15) is 0 Å². The standard InChI is InChI=1S/C17H13Cl2F3N2O3/c1-24(9-14(25)23-15-12(18)3-2-4-13(15)19)16(26)10-5-7-11(8-6-10)27-17(20,21)22/h2-8H,9H2,1H3,(H,23,25). The van der Waals surface area contributed by atoms with Gasteiger partial charge in [-0.15, -0.1) is 13.2 Å². The van der Waals surface area contributed by atoms with E-state index < -0.39 is 23.9 Å². The van der Waals surface area contributed by atoms with Crippen molar-refractivity contribution in [1.29, 1.82) is 0 Å². The maximum Gasteiger partial charge on any atom is 0.573 e. The molecule has 2 amide bonds. The SMILES string of the molecule is CN(CC(=O)Nc1c(Cl)cccc1Cl)C(=O)c1ccc(OC(F)(F)F)cc1. The Bertz CT molecular complexity index is 822. The van der Waals surface area contributed by atoms with Crippen molar-refractivity contribution in [3.63, 3.8) is 0 Å². The number of rotatable bonds is 5. The van der Waals surface area contributed by atoms with Gasteiger partial charge in [0.1, 0.15) is 5.75 Å². The smallest absolute Gasteiger partial charge is 0.406 e. The Labute approximate surface area is 162 Å². The van der Waals surface area contributed by atoms with E-state index in [0.717, 1.165) is 17.0 Å². The van der Waals surface area contributed by atoms with Crippen LogP contribution >= 0.6 is 23.2 Å². The van der Waals surface area contributed by atoms with Crippen molar-refractivity contribution in [1.82, 2.24) is 4.90 Å². The molecule has 144 valence electrons. The van der Waals surface area contributed by atoms with Gasteiger partial charge >= 0.3 is 6.36 Å². The zero-order chi connectivity index (χ0) is 20.2. The van der Waals surface area contributed by atoms with Gasteiger partial charge < -0.3 is 15.0 Å². The van der Waals surface area contributed by atoms with Gasteiger partial charge in [0, 0.05) is 12.6 Å². The number of anilines is 1. The number of para-hydroxylation sites is 1. The van der Waals surface area contributed by atoms with E-state index >= 15 is 0 Å². The van der Waals surface area contributed by atoms with Crippen LogP contribution in [0, 0.1) is 0 Å². The molecule has 0 aromatic heterocycles.